The second-order valence-corrected chi connectivity index (χ2v) is 5.15. The van der Waals surface area contributed by atoms with Crippen LogP contribution in [-0.2, 0) is 4.79 Å². The Kier molecular flexibility index (Phi) is 4.43. The Morgan fingerprint density at radius 1 is 0.952 bits per heavy atom. The molecule has 2 rings (SSSR count). The molecule has 0 aliphatic heterocycles. The molecule has 3 heteroatoms. The fourth-order valence-electron chi connectivity index (χ4n) is 2.07. The molecular formula is C18H18O3. The van der Waals surface area contributed by atoms with Crippen LogP contribution in [0.1, 0.15) is 22.3 Å². The molecular weight excluding hydrogens is 264 g/mol. The zero-order valence-electron chi connectivity index (χ0n) is 12.4. The summed E-state index contributed by atoms with van der Waals surface area (Å²) in [5.41, 5.74) is 3.98. The summed E-state index contributed by atoms with van der Waals surface area (Å²) in [6, 6.07) is 13.2. The van der Waals surface area contributed by atoms with Gasteiger partial charge in [0.15, 0.2) is 0 Å². The number of benzene rings is 2. The van der Waals surface area contributed by atoms with Gasteiger partial charge in [0.25, 0.3) is 0 Å². The van der Waals surface area contributed by atoms with E-state index in [1.54, 1.807) is 0 Å². The van der Waals surface area contributed by atoms with E-state index >= 15 is 0 Å². The van der Waals surface area contributed by atoms with Crippen LogP contribution in [-0.4, -0.2) is 11.1 Å². The van der Waals surface area contributed by atoms with Crippen molar-refractivity contribution in [2.75, 3.05) is 0 Å². The summed E-state index contributed by atoms with van der Waals surface area (Å²) in [7, 11) is 0. The van der Waals surface area contributed by atoms with Crippen LogP contribution in [0, 0.1) is 20.8 Å². The lowest BCUT2D eigenvalue weighted by Crippen LogP contribution is -2.07. The molecule has 0 fully saturated rings. The maximum absolute atomic E-state index is 11.4. The minimum atomic E-state index is -1.09. The van der Waals surface area contributed by atoms with Crippen LogP contribution in [0.25, 0.3) is 6.08 Å². The normalized spacial score (nSPS) is 11.3. The molecule has 0 saturated heterocycles. The van der Waals surface area contributed by atoms with Gasteiger partial charge in [-0.25, -0.2) is 4.79 Å². The second-order valence-electron chi connectivity index (χ2n) is 5.15. The van der Waals surface area contributed by atoms with Crippen molar-refractivity contribution in [3.05, 3.63) is 70.5 Å². The van der Waals surface area contributed by atoms with Crippen molar-refractivity contribution in [1.29, 1.82) is 0 Å². The number of hydrogen-bond donors (Lipinski definition) is 1. The lowest BCUT2D eigenvalue weighted by molar-refractivity contribution is -0.134. The fourth-order valence-corrected chi connectivity index (χ4v) is 2.07. The number of rotatable bonds is 4. The Hall–Kier alpha value is -2.55. The molecule has 108 valence electrons. The van der Waals surface area contributed by atoms with Gasteiger partial charge in [-0.05, 0) is 55.7 Å². The van der Waals surface area contributed by atoms with Crippen LogP contribution >= 0.6 is 0 Å². The average molecular weight is 282 g/mol. The van der Waals surface area contributed by atoms with E-state index in [4.69, 9.17) is 4.74 Å². The number of carboxylic acids is 1. The standard InChI is InChI=1S/C18H18O3/c1-12-4-6-15(7-5-12)11-17(18(19)20)21-16-9-13(2)8-14(3)10-16/h4-11H,1-3H3,(H,19,20). The average Bonchev–Trinajstić information content (AvgIpc) is 2.39. The quantitative estimate of drug-likeness (QED) is 0.678. The minimum absolute atomic E-state index is 0.0937. The summed E-state index contributed by atoms with van der Waals surface area (Å²) >= 11 is 0. The van der Waals surface area contributed by atoms with Crippen LogP contribution in [0.15, 0.2) is 48.2 Å². The van der Waals surface area contributed by atoms with E-state index in [0.29, 0.717) is 5.75 Å². The van der Waals surface area contributed by atoms with E-state index in [1.165, 1.54) is 6.08 Å². The topological polar surface area (TPSA) is 46.5 Å². The molecule has 0 amide bonds. The third-order valence-corrected chi connectivity index (χ3v) is 3.01. The van der Waals surface area contributed by atoms with Gasteiger partial charge in [-0.3, -0.25) is 0 Å². The second kappa shape index (κ2) is 6.27. The SMILES string of the molecule is Cc1ccc(C=C(Oc2cc(C)cc(C)c2)C(=O)O)cc1. The van der Waals surface area contributed by atoms with Gasteiger partial charge in [-0.15, -0.1) is 0 Å². The summed E-state index contributed by atoms with van der Waals surface area (Å²) in [5.74, 6) is -0.646. The molecule has 0 heterocycles. The highest BCUT2D eigenvalue weighted by atomic mass is 16.5. The first-order valence-electron chi connectivity index (χ1n) is 6.72. The minimum Gasteiger partial charge on any atom is -0.475 e. The monoisotopic (exact) mass is 282 g/mol. The molecule has 0 spiro atoms. The largest absolute Gasteiger partial charge is 0.475 e. The molecule has 0 bridgehead atoms. The van der Waals surface area contributed by atoms with Crippen LogP contribution in [0.4, 0.5) is 0 Å². The van der Waals surface area contributed by atoms with E-state index in [9.17, 15) is 9.90 Å². The van der Waals surface area contributed by atoms with Crippen molar-refractivity contribution >= 4 is 12.0 Å². The van der Waals surface area contributed by atoms with Gasteiger partial charge < -0.3 is 9.84 Å². The zero-order valence-corrected chi connectivity index (χ0v) is 12.4. The molecule has 21 heavy (non-hydrogen) atoms. The Labute approximate surface area is 124 Å². The predicted octanol–water partition coefficient (Wildman–Crippen LogP) is 4.12. The Balaban J connectivity index is 2.31. The van der Waals surface area contributed by atoms with Gasteiger partial charge >= 0.3 is 5.97 Å². The van der Waals surface area contributed by atoms with Gasteiger partial charge in [0.2, 0.25) is 5.76 Å². The summed E-state index contributed by atoms with van der Waals surface area (Å²) in [4.78, 5) is 11.4. The zero-order chi connectivity index (χ0) is 15.4. The highest BCUT2D eigenvalue weighted by Gasteiger charge is 2.11. The summed E-state index contributed by atoms with van der Waals surface area (Å²) < 4.78 is 5.53. The highest BCUT2D eigenvalue weighted by molar-refractivity contribution is 5.90. The van der Waals surface area contributed by atoms with Crippen molar-refractivity contribution < 1.29 is 14.6 Å². The van der Waals surface area contributed by atoms with E-state index in [0.717, 1.165) is 22.3 Å². The molecule has 1 N–H and O–H groups in total. The lowest BCUT2D eigenvalue weighted by Gasteiger charge is -2.08. The Morgan fingerprint density at radius 3 is 2.05 bits per heavy atom. The summed E-state index contributed by atoms with van der Waals surface area (Å²) in [6.07, 6.45) is 1.53. The molecule has 0 aromatic heterocycles. The molecule has 0 aliphatic carbocycles. The molecule has 2 aromatic carbocycles. The van der Waals surface area contributed by atoms with Gasteiger partial charge in [0.05, 0.1) is 0 Å². The number of ether oxygens (including phenoxy) is 1. The van der Waals surface area contributed by atoms with Crippen LogP contribution in [0.2, 0.25) is 0 Å². The maximum atomic E-state index is 11.4. The molecule has 0 aliphatic rings. The first kappa shape index (κ1) is 14.9. The number of carbonyl (C=O) groups is 1. The van der Waals surface area contributed by atoms with Crippen LogP contribution in [0.3, 0.4) is 0 Å². The highest BCUT2D eigenvalue weighted by Crippen LogP contribution is 2.20. The van der Waals surface area contributed by atoms with Gasteiger partial charge in [-0.2, -0.15) is 0 Å². The number of hydrogen-bond acceptors (Lipinski definition) is 2. The van der Waals surface area contributed by atoms with Crippen molar-refractivity contribution in [2.45, 2.75) is 20.8 Å². The molecule has 0 unspecified atom stereocenters. The third-order valence-electron chi connectivity index (χ3n) is 3.01. The fraction of sp³-hybridized carbons (Fsp3) is 0.167. The van der Waals surface area contributed by atoms with E-state index < -0.39 is 5.97 Å². The van der Waals surface area contributed by atoms with Crippen molar-refractivity contribution in [2.24, 2.45) is 0 Å². The van der Waals surface area contributed by atoms with Crippen molar-refractivity contribution in [3.8, 4) is 5.75 Å². The van der Waals surface area contributed by atoms with Crippen LogP contribution < -0.4 is 4.74 Å². The Bertz CT molecular complexity index is 662. The van der Waals surface area contributed by atoms with E-state index in [-0.39, 0.29) is 5.76 Å². The number of aryl methyl sites for hydroxylation is 3. The van der Waals surface area contributed by atoms with E-state index in [1.807, 2.05) is 63.2 Å². The molecule has 3 nitrogen and oxygen atoms in total. The molecule has 0 radical (unpaired) electrons. The van der Waals surface area contributed by atoms with Gasteiger partial charge in [0, 0.05) is 0 Å². The van der Waals surface area contributed by atoms with Crippen molar-refractivity contribution in [3.63, 3.8) is 0 Å². The van der Waals surface area contributed by atoms with Crippen LogP contribution in [0.5, 0.6) is 5.75 Å². The molecule has 2 aromatic rings. The lowest BCUT2D eigenvalue weighted by atomic mass is 10.1. The predicted molar refractivity (Wildman–Crippen MR) is 83.3 cm³/mol. The van der Waals surface area contributed by atoms with Crippen molar-refractivity contribution in [1.82, 2.24) is 0 Å². The summed E-state index contributed by atoms with van der Waals surface area (Å²) in [5, 5.41) is 9.30. The first-order valence-corrected chi connectivity index (χ1v) is 6.72. The maximum Gasteiger partial charge on any atom is 0.371 e. The van der Waals surface area contributed by atoms with E-state index in [2.05, 4.69) is 0 Å². The molecule has 0 atom stereocenters. The summed E-state index contributed by atoms with van der Waals surface area (Å²) in [6.45, 7) is 5.88. The third kappa shape index (κ3) is 4.21. The van der Waals surface area contributed by atoms with Gasteiger partial charge in [0.1, 0.15) is 5.75 Å². The number of aliphatic carboxylic acids is 1. The Morgan fingerprint density at radius 2 is 1.52 bits per heavy atom. The smallest absolute Gasteiger partial charge is 0.371 e. The molecule has 0 saturated carbocycles. The first-order chi connectivity index (χ1) is 9.94. The van der Waals surface area contributed by atoms with Gasteiger partial charge in [-0.1, -0.05) is 35.9 Å². The number of carboxylic acid groups (broad SMARTS) is 1.